The molecule has 12 heteroatoms. The highest BCUT2D eigenvalue weighted by Crippen LogP contribution is 2.30. The Morgan fingerprint density at radius 1 is 1.11 bits per heavy atom. The lowest BCUT2D eigenvalue weighted by Crippen LogP contribution is -2.51. The Bertz CT molecular complexity index is 1360. The Balaban J connectivity index is 1.22. The van der Waals surface area contributed by atoms with Crippen LogP contribution in [0.1, 0.15) is 30.5 Å². The average Bonchev–Trinajstić information content (AvgIpc) is 3.32. The molecule has 0 spiro atoms. The Morgan fingerprint density at radius 3 is 2.76 bits per heavy atom. The van der Waals surface area contributed by atoms with E-state index in [0.29, 0.717) is 39.6 Å². The fourth-order valence-electron chi connectivity index (χ4n) is 4.18. The Morgan fingerprint density at radius 2 is 2.00 bits per heavy atom. The number of nitrogens with one attached hydrogen (secondary N) is 2. The molecule has 1 aliphatic rings. The van der Waals surface area contributed by atoms with Crippen LogP contribution in [0.25, 0.3) is 22.2 Å². The predicted molar refractivity (Wildman–Crippen MR) is 133 cm³/mol. The number of nitrogens with zero attached hydrogens (tertiary/aromatic N) is 2. The van der Waals surface area contributed by atoms with Gasteiger partial charge in [-0.3, -0.25) is 15.3 Å². The van der Waals surface area contributed by atoms with Crippen LogP contribution < -0.4 is 10.6 Å². The standard InChI is InChI=1S/C26H24F4N4O3S/c27-19-5-7-23-17(11-19)13-24(35-23)38-37-36-25(22-3-1-2-9-32-22)34-15-20-12-16(8-10-31-20)21-6-4-18(14-33-21)26(28,29)30/h4-8,10-14,22,25,32,34H,1-3,9,15H2. The number of hydrogen-bond acceptors (Lipinski definition) is 8. The summed E-state index contributed by atoms with van der Waals surface area (Å²) < 4.78 is 63.1. The lowest BCUT2D eigenvalue weighted by molar-refractivity contribution is -0.250. The van der Waals surface area contributed by atoms with Gasteiger partial charge >= 0.3 is 6.18 Å². The van der Waals surface area contributed by atoms with Crippen LogP contribution in [-0.2, 0) is 21.9 Å². The van der Waals surface area contributed by atoms with E-state index in [0.717, 1.165) is 50.1 Å². The molecule has 4 aromatic rings. The molecule has 2 unspecified atom stereocenters. The number of piperidine rings is 1. The number of alkyl halides is 3. The first-order valence-corrected chi connectivity index (χ1v) is 12.7. The summed E-state index contributed by atoms with van der Waals surface area (Å²) >= 11 is 0.885. The molecule has 1 aromatic carbocycles. The van der Waals surface area contributed by atoms with E-state index < -0.39 is 18.0 Å². The molecule has 2 N–H and O–H groups in total. The number of halogens is 4. The maximum Gasteiger partial charge on any atom is 0.417 e. The van der Waals surface area contributed by atoms with Crippen molar-refractivity contribution in [3.63, 3.8) is 0 Å². The third kappa shape index (κ3) is 6.69. The van der Waals surface area contributed by atoms with Gasteiger partial charge in [-0.15, -0.1) is 0 Å². The maximum absolute atomic E-state index is 13.4. The van der Waals surface area contributed by atoms with Crippen LogP contribution in [0.15, 0.2) is 70.4 Å². The topological polar surface area (TPSA) is 81.4 Å². The summed E-state index contributed by atoms with van der Waals surface area (Å²) in [5, 5.41) is 7.76. The van der Waals surface area contributed by atoms with Crippen molar-refractivity contribution in [2.45, 2.75) is 49.3 Å². The van der Waals surface area contributed by atoms with Gasteiger partial charge in [0.15, 0.2) is 11.3 Å². The molecule has 0 bridgehead atoms. The van der Waals surface area contributed by atoms with Crippen LogP contribution >= 0.6 is 12.0 Å². The Hall–Kier alpha value is -3.03. The monoisotopic (exact) mass is 548 g/mol. The minimum absolute atomic E-state index is 0.0196. The lowest BCUT2D eigenvalue weighted by Gasteiger charge is -2.30. The summed E-state index contributed by atoms with van der Waals surface area (Å²) in [6.45, 7) is 1.16. The second-order valence-corrected chi connectivity index (χ2v) is 9.52. The lowest BCUT2D eigenvalue weighted by atomic mass is 10.0. The largest absolute Gasteiger partial charge is 0.447 e. The zero-order valence-corrected chi connectivity index (χ0v) is 20.8. The number of aromatic nitrogens is 2. The predicted octanol–water partition coefficient (Wildman–Crippen LogP) is 6.26. The molecule has 0 amide bonds. The van der Waals surface area contributed by atoms with Crippen molar-refractivity contribution in [2.24, 2.45) is 0 Å². The number of fused-ring (bicyclic) bond motifs is 1. The first-order valence-electron chi connectivity index (χ1n) is 12.0. The second kappa shape index (κ2) is 11.8. The van der Waals surface area contributed by atoms with E-state index in [1.54, 1.807) is 30.5 Å². The molecule has 5 rings (SSSR count). The van der Waals surface area contributed by atoms with E-state index in [1.807, 2.05) is 0 Å². The number of hydrogen-bond donors (Lipinski definition) is 2. The van der Waals surface area contributed by atoms with Gasteiger partial charge in [-0.25, -0.2) is 9.28 Å². The first kappa shape index (κ1) is 26.6. The summed E-state index contributed by atoms with van der Waals surface area (Å²) in [6.07, 6.45) is 0.408. The Labute approximate surface area is 220 Å². The molecule has 200 valence electrons. The van der Waals surface area contributed by atoms with Crippen LogP contribution in [0.3, 0.4) is 0 Å². The molecule has 1 fully saturated rings. The third-order valence-corrected chi connectivity index (χ3v) is 6.63. The molecule has 38 heavy (non-hydrogen) atoms. The number of furan rings is 1. The third-order valence-electron chi connectivity index (χ3n) is 6.12. The first-order chi connectivity index (χ1) is 18.3. The van der Waals surface area contributed by atoms with Gasteiger partial charge in [-0.05, 0) is 61.9 Å². The summed E-state index contributed by atoms with van der Waals surface area (Å²) in [5.41, 5.74) is 1.45. The van der Waals surface area contributed by atoms with Crippen molar-refractivity contribution in [1.82, 2.24) is 20.6 Å². The SMILES string of the molecule is Fc1ccc2oc(SOOC(NCc3cc(-c4ccc(C(F)(F)F)cn4)ccn3)C3CCCCN3)cc2c1. The van der Waals surface area contributed by atoms with Crippen molar-refractivity contribution < 1.29 is 31.2 Å². The van der Waals surface area contributed by atoms with Crippen molar-refractivity contribution in [1.29, 1.82) is 0 Å². The van der Waals surface area contributed by atoms with Gasteiger partial charge in [-0.2, -0.15) is 17.5 Å². The summed E-state index contributed by atoms with van der Waals surface area (Å²) in [7, 11) is 0. The van der Waals surface area contributed by atoms with Crippen molar-refractivity contribution in [3.05, 3.63) is 78.0 Å². The molecular weight excluding hydrogens is 524 g/mol. The molecule has 7 nitrogen and oxygen atoms in total. The molecule has 0 saturated carbocycles. The minimum Gasteiger partial charge on any atom is -0.447 e. The molecule has 2 atom stereocenters. The summed E-state index contributed by atoms with van der Waals surface area (Å²) in [6, 6.07) is 11.7. The highest BCUT2D eigenvalue weighted by atomic mass is 32.2. The van der Waals surface area contributed by atoms with E-state index in [-0.39, 0.29) is 11.9 Å². The fourth-order valence-corrected chi connectivity index (χ4v) is 4.67. The normalized spacial score (nSPS) is 17.1. The van der Waals surface area contributed by atoms with Crippen molar-refractivity contribution in [3.8, 4) is 11.3 Å². The van der Waals surface area contributed by atoms with Gasteiger partial charge in [0, 0.05) is 42.0 Å². The molecule has 4 heterocycles. The number of pyridine rings is 2. The van der Waals surface area contributed by atoms with Gasteiger partial charge in [0.25, 0.3) is 0 Å². The summed E-state index contributed by atoms with van der Waals surface area (Å²) in [4.78, 5) is 14.0. The van der Waals surface area contributed by atoms with E-state index in [4.69, 9.17) is 13.6 Å². The van der Waals surface area contributed by atoms with E-state index in [9.17, 15) is 17.6 Å². The quantitative estimate of drug-likeness (QED) is 0.0834. The van der Waals surface area contributed by atoms with Gasteiger partial charge < -0.3 is 9.73 Å². The molecule has 0 radical (unpaired) electrons. The number of rotatable bonds is 9. The zero-order chi connectivity index (χ0) is 26.5. The Kier molecular flexibility index (Phi) is 8.24. The average molecular weight is 549 g/mol. The van der Waals surface area contributed by atoms with E-state index in [1.165, 1.54) is 18.2 Å². The van der Waals surface area contributed by atoms with E-state index >= 15 is 0 Å². The zero-order valence-electron chi connectivity index (χ0n) is 20.0. The molecule has 1 aliphatic heterocycles. The molecule has 0 aliphatic carbocycles. The fraction of sp³-hybridized carbons (Fsp3) is 0.308. The summed E-state index contributed by atoms with van der Waals surface area (Å²) in [5.74, 6) is -0.355. The highest BCUT2D eigenvalue weighted by Gasteiger charge is 2.30. The molecular formula is C26H24F4N4O3S. The van der Waals surface area contributed by atoms with Crippen molar-refractivity contribution >= 4 is 23.0 Å². The van der Waals surface area contributed by atoms with Gasteiger partial charge in [-0.1, -0.05) is 6.42 Å². The van der Waals surface area contributed by atoms with Crippen LogP contribution in [0, 0.1) is 5.82 Å². The van der Waals surface area contributed by atoms with Gasteiger partial charge in [0.05, 0.1) is 17.0 Å². The molecule has 3 aromatic heterocycles. The van der Waals surface area contributed by atoms with Gasteiger partial charge in [0.1, 0.15) is 23.4 Å². The van der Waals surface area contributed by atoms with Crippen LogP contribution in [0.5, 0.6) is 0 Å². The van der Waals surface area contributed by atoms with Crippen LogP contribution in [0.4, 0.5) is 17.6 Å². The van der Waals surface area contributed by atoms with Gasteiger partial charge in [0.2, 0.25) is 0 Å². The molecule has 1 saturated heterocycles. The van der Waals surface area contributed by atoms with E-state index in [2.05, 4.69) is 20.6 Å². The highest BCUT2D eigenvalue weighted by molar-refractivity contribution is 7.94. The van der Waals surface area contributed by atoms with Crippen molar-refractivity contribution in [2.75, 3.05) is 6.54 Å². The smallest absolute Gasteiger partial charge is 0.417 e. The van der Waals surface area contributed by atoms with Crippen LogP contribution in [0.2, 0.25) is 0 Å². The van der Waals surface area contributed by atoms with Crippen LogP contribution in [-0.4, -0.2) is 28.8 Å². The number of benzene rings is 1. The maximum atomic E-state index is 13.4. The minimum atomic E-state index is -4.44. The second-order valence-electron chi connectivity index (χ2n) is 8.82.